The van der Waals surface area contributed by atoms with Crippen molar-refractivity contribution in [1.82, 2.24) is 0 Å². The summed E-state index contributed by atoms with van der Waals surface area (Å²) in [6.45, 7) is 0.592. The summed E-state index contributed by atoms with van der Waals surface area (Å²) >= 11 is 0. The zero-order chi connectivity index (χ0) is 14.8. The van der Waals surface area contributed by atoms with Gasteiger partial charge in [0.2, 0.25) is 0 Å². The number of halogens is 1. The van der Waals surface area contributed by atoms with E-state index in [0.717, 1.165) is 29.2 Å². The van der Waals surface area contributed by atoms with Gasteiger partial charge < -0.3 is 14.2 Å². The predicted molar refractivity (Wildman–Crippen MR) is 77.0 cm³/mol. The average molecular weight is 287 g/mol. The van der Waals surface area contributed by atoms with Crippen LogP contribution in [-0.4, -0.2) is 20.8 Å². The highest BCUT2D eigenvalue weighted by Crippen LogP contribution is 2.38. The molecule has 2 aromatic rings. The molecule has 1 aliphatic rings. The maximum absolute atomic E-state index is 13.1. The minimum Gasteiger partial charge on any atom is -0.493 e. The molecule has 0 N–H and O–H groups in total. The predicted octanol–water partition coefficient (Wildman–Crippen LogP) is 3.34. The molecule has 0 bridgehead atoms. The Morgan fingerprint density at radius 3 is 2.33 bits per heavy atom. The number of hydrogen-bond acceptors (Lipinski definition) is 3. The molecule has 0 atom stereocenters. The third-order valence-electron chi connectivity index (χ3n) is 3.58. The first kappa shape index (κ1) is 13.9. The molecule has 1 heterocycles. The third-order valence-corrected chi connectivity index (χ3v) is 3.58. The largest absolute Gasteiger partial charge is 0.493 e. The molecule has 3 nitrogen and oxygen atoms in total. The fraction of sp³-hybridized carbons (Fsp3) is 0.235. The van der Waals surface area contributed by atoms with Crippen LogP contribution >= 0.6 is 0 Å². The van der Waals surface area contributed by atoms with Crippen LogP contribution in [-0.2, 0) is 11.2 Å². The van der Waals surface area contributed by atoms with Gasteiger partial charge in [-0.25, -0.2) is 4.39 Å². The maximum atomic E-state index is 13.1. The first-order valence-corrected chi connectivity index (χ1v) is 6.74. The molecule has 1 aliphatic heterocycles. The van der Waals surface area contributed by atoms with Gasteiger partial charge in [0.25, 0.3) is 0 Å². The summed E-state index contributed by atoms with van der Waals surface area (Å²) in [7, 11) is 3.22. The zero-order valence-electron chi connectivity index (χ0n) is 12.0. The van der Waals surface area contributed by atoms with E-state index in [0.29, 0.717) is 18.1 Å². The molecule has 0 aliphatic carbocycles. The second-order valence-electron chi connectivity index (χ2n) is 4.80. The average Bonchev–Trinajstić information content (AvgIpc) is 2.53. The van der Waals surface area contributed by atoms with Gasteiger partial charge in [-0.2, -0.15) is 0 Å². The van der Waals surface area contributed by atoms with E-state index >= 15 is 0 Å². The number of ether oxygens (including phenoxy) is 3. The molecule has 1 radical (unpaired) electrons. The number of benzene rings is 2. The first-order valence-electron chi connectivity index (χ1n) is 6.74. The molecule has 0 spiro atoms. The SMILES string of the molecule is COc1cc2c(cc1OC)[C](c1ccc(F)cc1)OCC2. The molecule has 21 heavy (non-hydrogen) atoms. The Bertz CT molecular complexity index is 637. The standard InChI is InChI=1S/C17H16FO3/c1-19-15-9-12-7-8-21-17(14(12)10-16(15)20-2)11-3-5-13(18)6-4-11/h3-6,9-10H,7-8H2,1-2H3. The lowest BCUT2D eigenvalue weighted by Gasteiger charge is -2.26. The third kappa shape index (κ3) is 2.59. The van der Waals surface area contributed by atoms with Gasteiger partial charge >= 0.3 is 0 Å². The lowest BCUT2D eigenvalue weighted by Crippen LogP contribution is -2.18. The molecule has 109 valence electrons. The molecule has 0 fully saturated rings. The fourth-order valence-corrected chi connectivity index (χ4v) is 2.52. The monoisotopic (exact) mass is 287 g/mol. The van der Waals surface area contributed by atoms with Gasteiger partial charge in [-0.3, -0.25) is 0 Å². The first-order chi connectivity index (χ1) is 10.2. The van der Waals surface area contributed by atoms with Crippen LogP contribution in [0.2, 0.25) is 0 Å². The van der Waals surface area contributed by atoms with Crippen molar-refractivity contribution in [2.45, 2.75) is 6.42 Å². The van der Waals surface area contributed by atoms with Gasteiger partial charge in [-0.1, -0.05) is 12.1 Å². The molecule has 0 saturated carbocycles. The molecule has 0 aromatic heterocycles. The molecule has 0 unspecified atom stereocenters. The quantitative estimate of drug-likeness (QED) is 0.866. The van der Waals surface area contributed by atoms with Crippen LogP contribution in [0.4, 0.5) is 4.39 Å². The van der Waals surface area contributed by atoms with Crippen LogP contribution in [0.25, 0.3) is 0 Å². The minimum atomic E-state index is -0.261. The highest BCUT2D eigenvalue weighted by molar-refractivity contribution is 5.55. The second-order valence-corrected chi connectivity index (χ2v) is 4.80. The Labute approximate surface area is 123 Å². The van der Waals surface area contributed by atoms with Gasteiger partial charge in [0.05, 0.1) is 20.8 Å². The van der Waals surface area contributed by atoms with E-state index in [4.69, 9.17) is 14.2 Å². The van der Waals surface area contributed by atoms with E-state index in [-0.39, 0.29) is 5.82 Å². The van der Waals surface area contributed by atoms with Gasteiger partial charge in [-0.05, 0) is 47.4 Å². The number of methoxy groups -OCH3 is 2. The van der Waals surface area contributed by atoms with Crippen molar-refractivity contribution in [1.29, 1.82) is 0 Å². The van der Waals surface area contributed by atoms with Crippen molar-refractivity contribution in [3.8, 4) is 11.5 Å². The van der Waals surface area contributed by atoms with Crippen molar-refractivity contribution in [2.24, 2.45) is 0 Å². The zero-order valence-corrected chi connectivity index (χ0v) is 12.0. The summed E-state index contributed by atoms with van der Waals surface area (Å²) in [5.41, 5.74) is 2.95. The number of hydrogen-bond donors (Lipinski definition) is 0. The molecule has 3 rings (SSSR count). The van der Waals surface area contributed by atoms with Crippen molar-refractivity contribution in [3.05, 3.63) is 65.0 Å². The fourth-order valence-electron chi connectivity index (χ4n) is 2.52. The summed E-state index contributed by atoms with van der Waals surface area (Å²) in [5.74, 6) is 1.10. The summed E-state index contributed by atoms with van der Waals surface area (Å²) < 4.78 is 29.6. The highest BCUT2D eigenvalue weighted by atomic mass is 19.1. The molecule has 0 saturated heterocycles. The van der Waals surface area contributed by atoms with Crippen molar-refractivity contribution >= 4 is 0 Å². The van der Waals surface area contributed by atoms with Crippen LogP contribution in [0.3, 0.4) is 0 Å². The van der Waals surface area contributed by atoms with E-state index in [1.807, 2.05) is 12.1 Å². The van der Waals surface area contributed by atoms with Crippen molar-refractivity contribution < 1.29 is 18.6 Å². The Hall–Kier alpha value is -2.07. The lowest BCUT2D eigenvalue weighted by molar-refractivity contribution is 0.166. The van der Waals surface area contributed by atoms with Crippen molar-refractivity contribution in [2.75, 3.05) is 20.8 Å². The van der Waals surface area contributed by atoms with Crippen molar-refractivity contribution in [3.63, 3.8) is 0 Å². The Morgan fingerprint density at radius 2 is 1.67 bits per heavy atom. The Morgan fingerprint density at radius 1 is 1.00 bits per heavy atom. The van der Waals surface area contributed by atoms with Gasteiger partial charge in [-0.15, -0.1) is 0 Å². The summed E-state index contributed by atoms with van der Waals surface area (Å²) in [5, 5.41) is 0. The van der Waals surface area contributed by atoms with Crippen LogP contribution in [0.15, 0.2) is 36.4 Å². The highest BCUT2D eigenvalue weighted by Gasteiger charge is 2.26. The normalized spacial score (nSPS) is 14.6. The molecular formula is C17H16FO3. The van der Waals surface area contributed by atoms with E-state index < -0.39 is 0 Å². The van der Waals surface area contributed by atoms with Gasteiger partial charge in [0, 0.05) is 0 Å². The minimum absolute atomic E-state index is 0.261. The van der Waals surface area contributed by atoms with Crippen LogP contribution in [0.1, 0.15) is 16.7 Å². The molecular weight excluding hydrogens is 271 g/mol. The van der Waals surface area contributed by atoms with Crippen LogP contribution in [0.5, 0.6) is 11.5 Å². The van der Waals surface area contributed by atoms with Crippen LogP contribution in [0, 0.1) is 11.9 Å². The molecule has 4 heteroatoms. The second kappa shape index (κ2) is 5.74. The summed E-state index contributed by atoms with van der Waals surface area (Å²) in [4.78, 5) is 0. The Kier molecular flexibility index (Phi) is 3.80. The topological polar surface area (TPSA) is 27.7 Å². The van der Waals surface area contributed by atoms with Gasteiger partial charge in [0.1, 0.15) is 5.82 Å². The van der Waals surface area contributed by atoms with E-state index in [1.165, 1.54) is 12.1 Å². The van der Waals surface area contributed by atoms with E-state index in [9.17, 15) is 4.39 Å². The van der Waals surface area contributed by atoms with Gasteiger partial charge in [0.15, 0.2) is 17.6 Å². The van der Waals surface area contributed by atoms with E-state index in [1.54, 1.807) is 26.4 Å². The smallest absolute Gasteiger partial charge is 0.161 e. The number of fused-ring (bicyclic) bond motifs is 1. The molecule has 0 amide bonds. The number of rotatable bonds is 3. The maximum Gasteiger partial charge on any atom is 0.161 e. The lowest BCUT2D eigenvalue weighted by atomic mass is 9.92. The van der Waals surface area contributed by atoms with E-state index in [2.05, 4.69) is 0 Å². The summed E-state index contributed by atoms with van der Waals surface area (Å²) in [6.07, 6.45) is 1.55. The Balaban J connectivity index is 2.06. The van der Waals surface area contributed by atoms with Crippen LogP contribution < -0.4 is 9.47 Å². The summed E-state index contributed by atoms with van der Waals surface area (Å²) in [6, 6.07) is 10.2. The molecule has 2 aromatic carbocycles.